The van der Waals surface area contributed by atoms with Gasteiger partial charge < -0.3 is 4.90 Å². The number of carbonyl (C=O) groups is 1. The number of nitrogens with zero attached hydrogens (tertiary/aromatic N) is 3. The Morgan fingerprint density at radius 2 is 1.48 bits per heavy atom. The van der Waals surface area contributed by atoms with Crippen LogP contribution in [0.4, 0.5) is 0 Å². The maximum atomic E-state index is 12.8. The maximum Gasteiger partial charge on any atom is 0.253 e. The first-order valence-electron chi connectivity index (χ1n) is 11.1. The van der Waals surface area contributed by atoms with Crippen molar-refractivity contribution in [2.75, 3.05) is 39.3 Å². The quantitative estimate of drug-likeness (QED) is 0.716. The molecule has 7 heteroatoms. The lowest BCUT2D eigenvalue weighted by atomic mass is 9.98. The topological polar surface area (TPSA) is 60.9 Å². The van der Waals surface area contributed by atoms with Crippen LogP contribution in [0.5, 0.6) is 0 Å². The Bertz CT molecular complexity index is 976. The summed E-state index contributed by atoms with van der Waals surface area (Å²) in [5, 5.41) is 0. The van der Waals surface area contributed by atoms with Gasteiger partial charge in [-0.3, -0.25) is 9.69 Å². The third-order valence-electron chi connectivity index (χ3n) is 6.39. The van der Waals surface area contributed by atoms with Crippen LogP contribution in [0.15, 0.2) is 59.5 Å². The minimum absolute atomic E-state index is 0.123. The molecular formula is C24H31N3O3S. The van der Waals surface area contributed by atoms with E-state index in [4.69, 9.17) is 0 Å². The molecule has 0 radical (unpaired) electrons. The van der Waals surface area contributed by atoms with Gasteiger partial charge in [-0.25, -0.2) is 8.42 Å². The number of hydrogen-bond donors (Lipinski definition) is 0. The van der Waals surface area contributed by atoms with E-state index in [2.05, 4.69) is 11.8 Å². The highest BCUT2D eigenvalue weighted by Gasteiger charge is 2.28. The normalized spacial score (nSPS) is 19.5. The predicted octanol–water partition coefficient (Wildman–Crippen LogP) is 3.07. The second kappa shape index (κ2) is 9.51. The van der Waals surface area contributed by atoms with Crippen LogP contribution in [0.25, 0.3) is 0 Å². The fraction of sp³-hybridized carbons (Fsp3) is 0.458. The largest absolute Gasteiger partial charge is 0.339 e. The van der Waals surface area contributed by atoms with E-state index in [1.807, 2.05) is 35.2 Å². The van der Waals surface area contributed by atoms with Gasteiger partial charge in [0.05, 0.1) is 4.90 Å². The molecule has 0 bridgehead atoms. The van der Waals surface area contributed by atoms with Crippen molar-refractivity contribution in [1.29, 1.82) is 0 Å². The third kappa shape index (κ3) is 5.17. The van der Waals surface area contributed by atoms with Gasteiger partial charge in [0.15, 0.2) is 0 Å². The number of piperidine rings is 1. The van der Waals surface area contributed by atoms with Crippen molar-refractivity contribution in [1.82, 2.24) is 14.1 Å². The highest BCUT2D eigenvalue weighted by molar-refractivity contribution is 7.89. The lowest BCUT2D eigenvalue weighted by molar-refractivity contribution is 0.0697. The molecule has 4 rings (SSSR count). The predicted molar refractivity (Wildman–Crippen MR) is 121 cm³/mol. The summed E-state index contributed by atoms with van der Waals surface area (Å²) >= 11 is 0. The zero-order valence-corrected chi connectivity index (χ0v) is 18.9. The Kier molecular flexibility index (Phi) is 6.74. The molecule has 0 aliphatic carbocycles. The van der Waals surface area contributed by atoms with Crippen molar-refractivity contribution in [3.63, 3.8) is 0 Å². The van der Waals surface area contributed by atoms with Gasteiger partial charge in [0.25, 0.3) is 5.91 Å². The van der Waals surface area contributed by atoms with Crippen LogP contribution in [0.3, 0.4) is 0 Å². The summed E-state index contributed by atoms with van der Waals surface area (Å²) in [5.74, 6) is 0.827. The number of likely N-dealkylation sites (tertiary alicyclic amines) is 1. The van der Waals surface area contributed by atoms with E-state index in [1.54, 1.807) is 28.6 Å². The van der Waals surface area contributed by atoms with Crippen molar-refractivity contribution in [2.24, 2.45) is 5.92 Å². The van der Waals surface area contributed by atoms with Gasteiger partial charge in [-0.1, -0.05) is 37.3 Å². The fourth-order valence-corrected chi connectivity index (χ4v) is 5.72. The first-order chi connectivity index (χ1) is 14.9. The molecule has 0 atom stereocenters. The Morgan fingerprint density at radius 1 is 0.871 bits per heavy atom. The van der Waals surface area contributed by atoms with Crippen LogP contribution in [0.1, 0.15) is 35.7 Å². The highest BCUT2D eigenvalue weighted by atomic mass is 32.2. The monoisotopic (exact) mass is 441 g/mol. The Labute approximate surface area is 185 Å². The second-order valence-electron chi connectivity index (χ2n) is 8.66. The maximum absolute atomic E-state index is 12.8. The van der Waals surface area contributed by atoms with Gasteiger partial charge in [-0.15, -0.1) is 0 Å². The molecule has 2 heterocycles. The molecule has 6 nitrogen and oxygen atoms in total. The van der Waals surface area contributed by atoms with E-state index in [9.17, 15) is 13.2 Å². The fourth-order valence-electron chi connectivity index (χ4n) is 4.27. The highest BCUT2D eigenvalue weighted by Crippen LogP contribution is 2.20. The number of hydrogen-bond acceptors (Lipinski definition) is 4. The lowest BCUT2D eigenvalue weighted by Gasteiger charge is -2.34. The molecule has 2 saturated heterocycles. The Balaban J connectivity index is 1.30. The summed E-state index contributed by atoms with van der Waals surface area (Å²) in [6.07, 6.45) is 2.16. The molecule has 2 aliphatic rings. The molecule has 0 aromatic heterocycles. The van der Waals surface area contributed by atoms with Crippen molar-refractivity contribution in [3.8, 4) is 0 Å². The average Bonchev–Trinajstić information content (AvgIpc) is 2.81. The van der Waals surface area contributed by atoms with Gasteiger partial charge in [-0.2, -0.15) is 4.31 Å². The van der Waals surface area contributed by atoms with Crippen LogP contribution in [-0.2, 0) is 16.6 Å². The van der Waals surface area contributed by atoms with Gasteiger partial charge in [0.2, 0.25) is 10.0 Å². The number of carbonyl (C=O) groups excluding carboxylic acids is 1. The van der Waals surface area contributed by atoms with Crippen LogP contribution in [0, 0.1) is 5.92 Å². The molecule has 31 heavy (non-hydrogen) atoms. The smallest absolute Gasteiger partial charge is 0.253 e. The first-order valence-corrected chi connectivity index (χ1v) is 12.5. The molecule has 2 fully saturated rings. The first kappa shape index (κ1) is 22.0. The van der Waals surface area contributed by atoms with E-state index in [-0.39, 0.29) is 5.91 Å². The summed E-state index contributed by atoms with van der Waals surface area (Å²) in [7, 11) is -3.42. The van der Waals surface area contributed by atoms with Gasteiger partial charge in [0, 0.05) is 51.4 Å². The number of piperazine rings is 1. The van der Waals surface area contributed by atoms with Crippen LogP contribution >= 0.6 is 0 Å². The van der Waals surface area contributed by atoms with E-state index < -0.39 is 10.0 Å². The minimum Gasteiger partial charge on any atom is -0.339 e. The molecule has 0 N–H and O–H groups in total. The SMILES string of the molecule is CC1CCN(C(=O)c2ccc(CN3CCN(S(=O)(=O)c4ccccc4)CC3)cc2)CC1. The van der Waals surface area contributed by atoms with E-state index >= 15 is 0 Å². The number of amides is 1. The molecular weight excluding hydrogens is 410 g/mol. The summed E-state index contributed by atoms with van der Waals surface area (Å²) in [4.78, 5) is 17.3. The molecule has 0 unspecified atom stereocenters. The van der Waals surface area contributed by atoms with E-state index in [1.165, 1.54) is 0 Å². The van der Waals surface area contributed by atoms with Crippen LogP contribution in [-0.4, -0.2) is 67.7 Å². The van der Waals surface area contributed by atoms with Crippen molar-refractivity contribution < 1.29 is 13.2 Å². The van der Waals surface area contributed by atoms with Gasteiger partial charge >= 0.3 is 0 Å². The summed E-state index contributed by atoms with van der Waals surface area (Å²) in [6.45, 7) is 7.05. The van der Waals surface area contributed by atoms with E-state index in [0.29, 0.717) is 37.0 Å². The van der Waals surface area contributed by atoms with E-state index in [0.717, 1.165) is 43.6 Å². The third-order valence-corrected chi connectivity index (χ3v) is 8.30. The molecule has 2 aliphatic heterocycles. The summed E-state index contributed by atoms with van der Waals surface area (Å²) in [6, 6.07) is 16.5. The second-order valence-corrected chi connectivity index (χ2v) is 10.6. The lowest BCUT2D eigenvalue weighted by Crippen LogP contribution is -2.48. The molecule has 2 aromatic carbocycles. The number of rotatable bonds is 5. The van der Waals surface area contributed by atoms with Crippen molar-refractivity contribution >= 4 is 15.9 Å². The zero-order valence-electron chi connectivity index (χ0n) is 18.1. The van der Waals surface area contributed by atoms with Crippen LogP contribution < -0.4 is 0 Å². The number of sulfonamides is 1. The average molecular weight is 442 g/mol. The molecule has 2 aromatic rings. The molecule has 1 amide bonds. The Hall–Kier alpha value is -2.22. The standard InChI is InChI=1S/C24H31N3O3S/c1-20-11-13-26(14-12-20)24(28)22-9-7-21(8-10-22)19-25-15-17-27(18-16-25)31(29,30)23-5-3-2-4-6-23/h2-10,20H,11-19H2,1H3. The van der Waals surface area contributed by atoms with Crippen molar-refractivity contribution in [3.05, 3.63) is 65.7 Å². The molecule has 0 spiro atoms. The summed E-state index contributed by atoms with van der Waals surface area (Å²) in [5.41, 5.74) is 1.89. The number of benzene rings is 2. The van der Waals surface area contributed by atoms with Gasteiger partial charge in [0.1, 0.15) is 0 Å². The molecule has 0 saturated carbocycles. The minimum atomic E-state index is -3.42. The summed E-state index contributed by atoms with van der Waals surface area (Å²) < 4.78 is 27.1. The Morgan fingerprint density at radius 3 is 2.10 bits per heavy atom. The zero-order chi connectivity index (χ0) is 21.8. The van der Waals surface area contributed by atoms with Crippen molar-refractivity contribution in [2.45, 2.75) is 31.2 Å². The van der Waals surface area contributed by atoms with Crippen LogP contribution in [0.2, 0.25) is 0 Å². The van der Waals surface area contributed by atoms with Gasteiger partial charge in [-0.05, 0) is 48.6 Å². The molecule has 166 valence electrons.